The number of Topliss-reactive ketones (excluding diaryl/α,β-unsaturated/α-hetero) is 1. The topological polar surface area (TPSA) is 60.2 Å². The summed E-state index contributed by atoms with van der Waals surface area (Å²) >= 11 is 7.39. The average molecular weight is 400 g/mol. The lowest BCUT2D eigenvalue weighted by Gasteiger charge is -2.08. The van der Waals surface area contributed by atoms with Crippen LogP contribution in [0.1, 0.15) is 35.4 Å². The number of aryl methyl sites for hydroxylation is 1. The summed E-state index contributed by atoms with van der Waals surface area (Å²) in [4.78, 5) is 29.8. The molecular formula is C21H18ClNO3S. The van der Waals surface area contributed by atoms with Crippen LogP contribution in [0.15, 0.2) is 52.8 Å². The maximum absolute atomic E-state index is 12.7. The summed E-state index contributed by atoms with van der Waals surface area (Å²) in [6, 6.07) is 9.15. The maximum Gasteiger partial charge on any atom is 0.153 e. The van der Waals surface area contributed by atoms with Crippen molar-refractivity contribution in [2.24, 2.45) is 0 Å². The van der Waals surface area contributed by atoms with E-state index in [0.717, 1.165) is 26.6 Å². The summed E-state index contributed by atoms with van der Waals surface area (Å²) in [7, 11) is 0. The van der Waals surface area contributed by atoms with Crippen molar-refractivity contribution in [1.29, 1.82) is 0 Å². The number of hydrogen-bond acceptors (Lipinski definition) is 5. The van der Waals surface area contributed by atoms with E-state index in [2.05, 4.69) is 4.98 Å². The zero-order valence-electron chi connectivity index (χ0n) is 14.9. The predicted molar refractivity (Wildman–Crippen MR) is 108 cm³/mol. The lowest BCUT2D eigenvalue weighted by Crippen LogP contribution is -2.15. The third kappa shape index (κ3) is 4.62. The summed E-state index contributed by atoms with van der Waals surface area (Å²) in [6.07, 6.45) is 5.92. The first-order valence-corrected chi connectivity index (χ1v) is 9.58. The van der Waals surface area contributed by atoms with Gasteiger partial charge in [0.2, 0.25) is 0 Å². The molecular weight excluding hydrogens is 382 g/mol. The molecule has 3 aromatic rings. The van der Waals surface area contributed by atoms with Crippen LogP contribution >= 0.6 is 22.9 Å². The molecule has 0 radical (unpaired) electrons. The second-order valence-electron chi connectivity index (χ2n) is 6.27. The average Bonchev–Trinajstić information content (AvgIpc) is 3.26. The number of aromatic nitrogens is 1. The largest absolute Gasteiger partial charge is 0.472 e. The van der Waals surface area contributed by atoms with Crippen LogP contribution in [0.5, 0.6) is 0 Å². The Bertz CT molecular complexity index is 972. The highest BCUT2D eigenvalue weighted by Gasteiger charge is 2.25. The fourth-order valence-electron chi connectivity index (χ4n) is 2.78. The highest BCUT2D eigenvalue weighted by molar-refractivity contribution is 7.15. The van der Waals surface area contributed by atoms with Crippen LogP contribution < -0.4 is 0 Å². The second kappa shape index (κ2) is 8.46. The van der Waals surface area contributed by atoms with Crippen LogP contribution in [-0.2, 0) is 9.59 Å². The van der Waals surface area contributed by atoms with Gasteiger partial charge in [0.25, 0.3) is 0 Å². The van der Waals surface area contributed by atoms with Crippen molar-refractivity contribution in [2.45, 2.75) is 26.2 Å². The van der Waals surface area contributed by atoms with Crippen LogP contribution in [0.3, 0.4) is 0 Å². The van der Waals surface area contributed by atoms with Crippen LogP contribution in [-0.4, -0.2) is 17.1 Å². The van der Waals surface area contributed by atoms with Gasteiger partial charge in [-0.05, 0) is 32.0 Å². The molecule has 2 heterocycles. The van der Waals surface area contributed by atoms with Gasteiger partial charge < -0.3 is 9.21 Å². The van der Waals surface area contributed by atoms with Gasteiger partial charge >= 0.3 is 0 Å². The minimum atomic E-state index is -0.866. The molecule has 4 nitrogen and oxygen atoms in total. The first-order chi connectivity index (χ1) is 13.0. The Hall–Kier alpha value is -2.50. The molecule has 1 unspecified atom stereocenters. The molecule has 0 fully saturated rings. The summed E-state index contributed by atoms with van der Waals surface area (Å²) in [5, 5.41) is 1.41. The number of furan rings is 1. The van der Waals surface area contributed by atoms with E-state index in [4.69, 9.17) is 16.0 Å². The molecule has 0 N–H and O–H groups in total. The van der Waals surface area contributed by atoms with Gasteiger partial charge in [0.1, 0.15) is 17.2 Å². The summed E-state index contributed by atoms with van der Waals surface area (Å²) in [5.41, 5.74) is 3.19. The fraction of sp³-hybridized carbons (Fsp3) is 0.190. The van der Waals surface area contributed by atoms with E-state index < -0.39 is 5.92 Å². The lowest BCUT2D eigenvalue weighted by atomic mass is 9.95. The van der Waals surface area contributed by atoms with Crippen molar-refractivity contribution < 1.29 is 14.0 Å². The number of allylic oxidation sites excluding steroid dienone is 1. The smallest absolute Gasteiger partial charge is 0.153 e. The monoisotopic (exact) mass is 399 g/mol. The Labute approximate surface area is 166 Å². The van der Waals surface area contributed by atoms with Crippen LogP contribution in [0.2, 0.25) is 5.02 Å². The predicted octanol–water partition coefficient (Wildman–Crippen LogP) is 5.71. The first kappa shape index (κ1) is 19.3. The van der Waals surface area contributed by atoms with Crippen LogP contribution in [0.4, 0.5) is 0 Å². The Morgan fingerprint density at radius 1 is 1.30 bits per heavy atom. The lowest BCUT2D eigenvalue weighted by molar-refractivity contribution is -0.123. The molecule has 0 aliphatic carbocycles. The Kier molecular flexibility index (Phi) is 6.04. The summed E-state index contributed by atoms with van der Waals surface area (Å²) in [5.74, 6) is -1.03. The number of halogens is 1. The molecule has 0 spiro atoms. The molecule has 0 amide bonds. The molecule has 3 rings (SSSR count). The third-order valence-corrected chi connectivity index (χ3v) is 5.40. The van der Waals surface area contributed by atoms with Gasteiger partial charge in [0.15, 0.2) is 5.78 Å². The molecule has 1 aromatic carbocycles. The van der Waals surface area contributed by atoms with Gasteiger partial charge in [-0.3, -0.25) is 4.79 Å². The van der Waals surface area contributed by atoms with Gasteiger partial charge in [0, 0.05) is 27.4 Å². The number of carbonyl (C=O) groups excluding carboxylic acids is 2. The third-order valence-electron chi connectivity index (χ3n) is 4.11. The van der Waals surface area contributed by atoms with Crippen molar-refractivity contribution in [2.75, 3.05) is 0 Å². The molecule has 0 bridgehead atoms. The van der Waals surface area contributed by atoms with E-state index in [1.165, 1.54) is 11.3 Å². The Morgan fingerprint density at radius 2 is 2.04 bits per heavy atom. The van der Waals surface area contributed by atoms with E-state index in [0.29, 0.717) is 17.0 Å². The van der Waals surface area contributed by atoms with Crippen LogP contribution in [0.25, 0.3) is 16.6 Å². The number of carbonyl (C=O) groups is 2. The minimum Gasteiger partial charge on any atom is -0.472 e. The molecule has 0 saturated carbocycles. The van der Waals surface area contributed by atoms with Crippen molar-refractivity contribution in [3.63, 3.8) is 0 Å². The minimum absolute atomic E-state index is 0.168. The number of benzene rings is 1. The fourth-order valence-corrected chi connectivity index (χ4v) is 3.87. The number of hydrogen-bond donors (Lipinski definition) is 0. The SMILES string of the molecule is C/C(=C/c1ccoc1)CC(=O)C(C=O)c1nc(-c2ccc(Cl)cc2)sc1C. The van der Waals surface area contributed by atoms with E-state index in [1.54, 1.807) is 24.7 Å². The summed E-state index contributed by atoms with van der Waals surface area (Å²) in [6.45, 7) is 3.74. The molecule has 138 valence electrons. The zero-order chi connectivity index (χ0) is 19.4. The summed E-state index contributed by atoms with van der Waals surface area (Å²) < 4.78 is 5.02. The number of rotatable bonds is 7. The Balaban J connectivity index is 1.81. The molecule has 0 aliphatic heterocycles. The number of nitrogens with zero attached hydrogens (tertiary/aromatic N) is 1. The van der Waals surface area contributed by atoms with Crippen molar-refractivity contribution in [3.05, 3.63) is 69.6 Å². The normalized spacial score (nSPS) is 12.8. The number of thiazole rings is 1. The standard InChI is InChI=1S/C21H18ClNO3S/c1-13(9-15-7-8-26-12-15)10-19(25)18(11-24)20-14(2)27-21(23-20)16-3-5-17(22)6-4-16/h3-9,11-12,18H,10H2,1-2H3/b13-9-. The highest BCUT2D eigenvalue weighted by Crippen LogP contribution is 2.32. The quantitative estimate of drug-likeness (QED) is 0.377. The van der Waals surface area contributed by atoms with Gasteiger partial charge in [0.05, 0.1) is 18.2 Å². The molecule has 1 atom stereocenters. The van der Waals surface area contributed by atoms with E-state index in [9.17, 15) is 9.59 Å². The van der Waals surface area contributed by atoms with Gasteiger partial charge in [-0.1, -0.05) is 35.4 Å². The van der Waals surface area contributed by atoms with Crippen LogP contribution in [0, 0.1) is 6.92 Å². The number of aldehydes is 1. The second-order valence-corrected chi connectivity index (χ2v) is 7.91. The molecule has 0 aliphatic rings. The van der Waals surface area contributed by atoms with Crippen molar-refractivity contribution in [3.8, 4) is 10.6 Å². The number of ketones is 1. The van der Waals surface area contributed by atoms with Gasteiger partial charge in [-0.15, -0.1) is 11.3 Å². The van der Waals surface area contributed by atoms with E-state index >= 15 is 0 Å². The zero-order valence-corrected chi connectivity index (χ0v) is 16.5. The Morgan fingerprint density at radius 3 is 2.67 bits per heavy atom. The molecule has 0 saturated heterocycles. The molecule has 27 heavy (non-hydrogen) atoms. The maximum atomic E-state index is 12.7. The highest BCUT2D eigenvalue weighted by atomic mass is 35.5. The van der Waals surface area contributed by atoms with E-state index in [1.807, 2.05) is 38.1 Å². The van der Waals surface area contributed by atoms with E-state index in [-0.39, 0.29) is 12.2 Å². The van der Waals surface area contributed by atoms with Gasteiger partial charge in [-0.2, -0.15) is 0 Å². The van der Waals surface area contributed by atoms with Gasteiger partial charge in [-0.25, -0.2) is 4.98 Å². The van der Waals surface area contributed by atoms with Crippen molar-refractivity contribution in [1.82, 2.24) is 4.98 Å². The molecule has 2 aromatic heterocycles. The first-order valence-electron chi connectivity index (χ1n) is 8.38. The van der Waals surface area contributed by atoms with Crippen molar-refractivity contribution >= 4 is 41.1 Å². The molecule has 6 heteroatoms.